The minimum absolute atomic E-state index is 0.00259. The molecule has 1 fully saturated rings. The van der Waals surface area contributed by atoms with Gasteiger partial charge < -0.3 is 15.2 Å². The Labute approximate surface area is 105 Å². The van der Waals surface area contributed by atoms with Gasteiger partial charge in [-0.25, -0.2) is 8.78 Å². The van der Waals surface area contributed by atoms with E-state index in [1.807, 2.05) is 0 Å². The average molecular weight is 257 g/mol. The van der Waals surface area contributed by atoms with Crippen molar-refractivity contribution in [2.45, 2.75) is 31.3 Å². The van der Waals surface area contributed by atoms with Crippen LogP contribution in [0.2, 0.25) is 0 Å². The Bertz CT molecular complexity index is 397. The molecular formula is C13H17F2NO2. The van der Waals surface area contributed by atoms with Crippen molar-refractivity contribution in [3.8, 4) is 5.75 Å². The van der Waals surface area contributed by atoms with E-state index in [1.165, 1.54) is 6.07 Å². The lowest BCUT2D eigenvalue weighted by molar-refractivity contribution is 0.207. The van der Waals surface area contributed by atoms with Crippen LogP contribution in [0.25, 0.3) is 0 Å². The zero-order chi connectivity index (χ0) is 13.0. The van der Waals surface area contributed by atoms with Gasteiger partial charge in [0.2, 0.25) is 0 Å². The maximum atomic E-state index is 12.9. The molecule has 0 spiro atoms. The number of benzene rings is 1. The zero-order valence-corrected chi connectivity index (χ0v) is 10.0. The minimum Gasteiger partial charge on any atom is -0.493 e. The third kappa shape index (κ3) is 3.92. The third-order valence-corrected chi connectivity index (χ3v) is 2.90. The molecule has 1 atom stereocenters. The third-order valence-electron chi connectivity index (χ3n) is 2.90. The molecule has 1 aromatic carbocycles. The quantitative estimate of drug-likeness (QED) is 0.783. The lowest BCUT2D eigenvalue weighted by Crippen LogP contribution is -2.35. The second kappa shape index (κ2) is 6.11. The molecule has 1 aliphatic carbocycles. The first-order valence-corrected chi connectivity index (χ1v) is 6.14. The molecule has 0 radical (unpaired) electrons. The van der Waals surface area contributed by atoms with E-state index in [2.05, 4.69) is 5.32 Å². The first-order valence-electron chi connectivity index (χ1n) is 6.14. The summed E-state index contributed by atoms with van der Waals surface area (Å²) in [5.41, 5.74) is 0. The predicted octanol–water partition coefficient (Wildman–Crippen LogP) is 1.85. The predicted molar refractivity (Wildman–Crippen MR) is 63.5 cm³/mol. The monoisotopic (exact) mass is 257 g/mol. The molecule has 3 nitrogen and oxygen atoms in total. The van der Waals surface area contributed by atoms with Crippen LogP contribution in [0, 0.1) is 11.6 Å². The summed E-state index contributed by atoms with van der Waals surface area (Å²) in [5, 5.41) is 12.4. The summed E-state index contributed by atoms with van der Waals surface area (Å²) in [6.45, 7) is 0.410. The van der Waals surface area contributed by atoms with Crippen molar-refractivity contribution in [1.82, 2.24) is 5.32 Å². The lowest BCUT2D eigenvalue weighted by Gasteiger charge is -2.16. The molecule has 0 aromatic heterocycles. The van der Waals surface area contributed by atoms with Crippen LogP contribution in [-0.2, 0) is 0 Å². The van der Waals surface area contributed by atoms with E-state index in [0.717, 1.165) is 25.0 Å². The number of ether oxygens (including phenoxy) is 1. The molecule has 1 unspecified atom stereocenters. The molecular weight excluding hydrogens is 240 g/mol. The number of aliphatic hydroxyl groups is 1. The molecule has 0 saturated heterocycles. The Hall–Kier alpha value is -1.20. The Morgan fingerprint density at radius 1 is 1.33 bits per heavy atom. The first-order chi connectivity index (χ1) is 8.69. The van der Waals surface area contributed by atoms with E-state index < -0.39 is 11.6 Å². The highest BCUT2D eigenvalue weighted by Gasteiger charge is 2.24. The van der Waals surface area contributed by atoms with Crippen LogP contribution in [-0.4, -0.2) is 30.4 Å². The molecule has 5 heteroatoms. The second-order valence-electron chi connectivity index (χ2n) is 4.53. The summed E-state index contributed by atoms with van der Waals surface area (Å²) in [4.78, 5) is 0. The lowest BCUT2D eigenvalue weighted by atomic mass is 10.2. The molecule has 1 aliphatic rings. The van der Waals surface area contributed by atoms with Crippen molar-refractivity contribution in [2.75, 3.05) is 13.2 Å². The summed E-state index contributed by atoms with van der Waals surface area (Å²) in [5.74, 6) is -1.50. The summed E-state index contributed by atoms with van der Waals surface area (Å²) in [6, 6.07) is 3.97. The van der Waals surface area contributed by atoms with Gasteiger partial charge in [0.1, 0.15) is 5.75 Å². The summed E-state index contributed by atoms with van der Waals surface area (Å²) < 4.78 is 30.9. The Morgan fingerprint density at radius 2 is 2.11 bits per heavy atom. The van der Waals surface area contributed by atoms with Gasteiger partial charge in [-0.05, 0) is 31.4 Å². The molecule has 1 saturated carbocycles. The molecule has 0 aliphatic heterocycles. The number of hydrogen-bond acceptors (Lipinski definition) is 3. The fourth-order valence-corrected chi connectivity index (χ4v) is 1.70. The Morgan fingerprint density at radius 3 is 2.72 bits per heavy atom. The minimum atomic E-state index is -0.915. The summed E-state index contributed by atoms with van der Waals surface area (Å²) >= 11 is 0. The van der Waals surface area contributed by atoms with Crippen molar-refractivity contribution < 1.29 is 18.6 Å². The van der Waals surface area contributed by atoms with Crippen molar-refractivity contribution in [2.24, 2.45) is 0 Å². The van der Waals surface area contributed by atoms with Crippen molar-refractivity contribution in [3.05, 3.63) is 29.8 Å². The average Bonchev–Trinajstić information content (AvgIpc) is 3.16. The van der Waals surface area contributed by atoms with E-state index >= 15 is 0 Å². The van der Waals surface area contributed by atoms with Crippen LogP contribution < -0.4 is 10.1 Å². The number of halogens is 2. The number of rotatable bonds is 7. The highest BCUT2D eigenvalue weighted by Crippen LogP contribution is 2.20. The highest BCUT2D eigenvalue weighted by molar-refractivity contribution is 5.23. The molecule has 1 aromatic rings. The standard InChI is InChI=1S/C13H17F2NO2/c14-12-4-3-11(7-13(12)15)18-6-5-10(8-17)16-9-1-2-9/h3-4,7,9-10,16-17H,1-2,5-6,8H2. The van der Waals surface area contributed by atoms with Crippen LogP contribution in [0.5, 0.6) is 5.75 Å². The van der Waals surface area contributed by atoms with Gasteiger partial charge in [-0.2, -0.15) is 0 Å². The van der Waals surface area contributed by atoms with Gasteiger partial charge in [0.25, 0.3) is 0 Å². The fraction of sp³-hybridized carbons (Fsp3) is 0.538. The van der Waals surface area contributed by atoms with E-state index in [-0.39, 0.29) is 12.6 Å². The van der Waals surface area contributed by atoms with E-state index in [4.69, 9.17) is 9.84 Å². The van der Waals surface area contributed by atoms with Gasteiger partial charge in [-0.3, -0.25) is 0 Å². The molecule has 18 heavy (non-hydrogen) atoms. The molecule has 100 valence electrons. The van der Waals surface area contributed by atoms with E-state index in [0.29, 0.717) is 24.8 Å². The van der Waals surface area contributed by atoms with Crippen LogP contribution in [0.4, 0.5) is 8.78 Å². The van der Waals surface area contributed by atoms with Crippen molar-refractivity contribution in [1.29, 1.82) is 0 Å². The zero-order valence-electron chi connectivity index (χ0n) is 10.0. The van der Waals surface area contributed by atoms with Crippen molar-refractivity contribution >= 4 is 0 Å². The van der Waals surface area contributed by atoms with Gasteiger partial charge in [0.15, 0.2) is 11.6 Å². The maximum Gasteiger partial charge on any atom is 0.162 e. The summed E-state index contributed by atoms with van der Waals surface area (Å²) in [7, 11) is 0. The van der Waals surface area contributed by atoms with Gasteiger partial charge in [0.05, 0.1) is 13.2 Å². The first kappa shape index (κ1) is 13.2. The van der Waals surface area contributed by atoms with Gasteiger partial charge in [-0.15, -0.1) is 0 Å². The van der Waals surface area contributed by atoms with Crippen LogP contribution in [0.1, 0.15) is 19.3 Å². The molecule has 0 heterocycles. The van der Waals surface area contributed by atoms with Gasteiger partial charge in [-0.1, -0.05) is 0 Å². The summed E-state index contributed by atoms with van der Waals surface area (Å²) in [6.07, 6.45) is 2.94. The Kier molecular flexibility index (Phi) is 4.49. The normalized spacial score (nSPS) is 16.6. The van der Waals surface area contributed by atoms with E-state index in [9.17, 15) is 8.78 Å². The second-order valence-corrected chi connectivity index (χ2v) is 4.53. The van der Waals surface area contributed by atoms with Crippen molar-refractivity contribution in [3.63, 3.8) is 0 Å². The molecule has 0 amide bonds. The SMILES string of the molecule is OCC(CCOc1ccc(F)c(F)c1)NC1CC1. The van der Waals surface area contributed by atoms with Crippen LogP contribution >= 0.6 is 0 Å². The highest BCUT2D eigenvalue weighted by atomic mass is 19.2. The number of aliphatic hydroxyl groups excluding tert-OH is 1. The topological polar surface area (TPSA) is 41.5 Å². The van der Waals surface area contributed by atoms with Gasteiger partial charge >= 0.3 is 0 Å². The maximum absolute atomic E-state index is 12.9. The van der Waals surface area contributed by atoms with Crippen LogP contribution in [0.3, 0.4) is 0 Å². The largest absolute Gasteiger partial charge is 0.493 e. The Balaban J connectivity index is 1.74. The molecule has 2 N–H and O–H groups in total. The number of nitrogens with one attached hydrogen (secondary N) is 1. The fourth-order valence-electron chi connectivity index (χ4n) is 1.70. The molecule has 2 rings (SSSR count). The number of hydrogen-bond donors (Lipinski definition) is 2. The molecule has 0 bridgehead atoms. The van der Waals surface area contributed by atoms with Gasteiger partial charge in [0, 0.05) is 18.2 Å². The smallest absolute Gasteiger partial charge is 0.162 e. The van der Waals surface area contributed by atoms with E-state index in [1.54, 1.807) is 0 Å². The van der Waals surface area contributed by atoms with Crippen LogP contribution in [0.15, 0.2) is 18.2 Å².